The first-order chi connectivity index (χ1) is 11.1. The highest BCUT2D eigenvalue weighted by molar-refractivity contribution is 6.65. The van der Waals surface area contributed by atoms with Crippen molar-refractivity contribution in [2.24, 2.45) is 5.92 Å². The van der Waals surface area contributed by atoms with Gasteiger partial charge in [-0.2, -0.15) is 0 Å². The maximum Gasteiger partial charge on any atom is 0.266 e. The lowest BCUT2D eigenvalue weighted by Crippen LogP contribution is -2.33. The summed E-state index contributed by atoms with van der Waals surface area (Å²) in [5.41, 5.74) is 1.13. The van der Waals surface area contributed by atoms with Crippen LogP contribution in [0.5, 0.6) is 0 Å². The zero-order valence-electron chi connectivity index (χ0n) is 15.2. The van der Waals surface area contributed by atoms with Crippen molar-refractivity contribution in [1.29, 1.82) is 5.26 Å². The van der Waals surface area contributed by atoms with Crippen molar-refractivity contribution >= 4 is 18.5 Å². The van der Waals surface area contributed by atoms with Crippen LogP contribution in [0, 0.1) is 17.1 Å². The summed E-state index contributed by atoms with van der Waals surface area (Å²) in [7, 11) is 3.37. The summed E-state index contributed by atoms with van der Waals surface area (Å²) in [6, 6.07) is 0. The number of imide groups is 1. The van der Waals surface area contributed by atoms with Crippen LogP contribution in [0.4, 0.5) is 0 Å². The number of hydrogen-bond donors (Lipinski definition) is 1. The maximum absolute atomic E-state index is 11.9. The molecule has 0 spiro atoms. The SMILES string of the molecule is C=C(/C=C(/OC)C(=C)N(C)CCB(C)C#N)C(C)C(=O)NC(C)=O. The van der Waals surface area contributed by atoms with E-state index in [0.29, 0.717) is 29.9 Å². The second kappa shape index (κ2) is 10.3. The lowest BCUT2D eigenvalue weighted by Gasteiger charge is -2.23. The van der Waals surface area contributed by atoms with Crippen molar-refractivity contribution in [1.82, 2.24) is 10.2 Å². The predicted octanol–water partition coefficient (Wildman–Crippen LogP) is 2.00. The molecule has 6 nitrogen and oxygen atoms in total. The molecular formula is C17H26BN3O3. The maximum atomic E-state index is 11.9. The van der Waals surface area contributed by atoms with Crippen molar-refractivity contribution in [3.8, 4) is 5.97 Å². The highest BCUT2D eigenvalue weighted by Gasteiger charge is 2.18. The Morgan fingerprint density at radius 1 is 1.46 bits per heavy atom. The predicted molar refractivity (Wildman–Crippen MR) is 96.0 cm³/mol. The van der Waals surface area contributed by atoms with E-state index in [0.717, 1.165) is 0 Å². The Hall–Kier alpha value is -2.49. The molecule has 0 aromatic heterocycles. The summed E-state index contributed by atoms with van der Waals surface area (Å²) < 4.78 is 5.34. The van der Waals surface area contributed by atoms with Gasteiger partial charge in [0.1, 0.15) is 5.76 Å². The molecule has 0 aliphatic carbocycles. The van der Waals surface area contributed by atoms with Gasteiger partial charge >= 0.3 is 0 Å². The molecule has 1 atom stereocenters. The first-order valence-electron chi connectivity index (χ1n) is 7.69. The van der Waals surface area contributed by atoms with Gasteiger partial charge < -0.3 is 9.64 Å². The average Bonchev–Trinajstić information content (AvgIpc) is 2.54. The third kappa shape index (κ3) is 7.18. The minimum absolute atomic E-state index is 0.0412. The molecule has 2 amide bonds. The van der Waals surface area contributed by atoms with Crippen LogP contribution in [0.15, 0.2) is 36.3 Å². The average molecular weight is 331 g/mol. The molecule has 0 radical (unpaired) electrons. The number of likely N-dealkylation sites (N-methyl/N-ethyl adjacent to an activating group) is 1. The minimum atomic E-state index is -0.573. The van der Waals surface area contributed by atoms with Gasteiger partial charge in [-0.05, 0) is 24.9 Å². The smallest absolute Gasteiger partial charge is 0.266 e. The fourth-order valence-electron chi connectivity index (χ4n) is 1.78. The quantitative estimate of drug-likeness (QED) is 0.397. The Kier molecular flexibility index (Phi) is 9.25. The van der Waals surface area contributed by atoms with E-state index >= 15 is 0 Å². The monoisotopic (exact) mass is 331 g/mol. The van der Waals surface area contributed by atoms with E-state index in [-0.39, 0.29) is 6.71 Å². The number of rotatable bonds is 9. The number of carbonyl (C=O) groups excluding carboxylic acids is 2. The van der Waals surface area contributed by atoms with Gasteiger partial charge in [-0.25, -0.2) is 5.26 Å². The molecule has 0 aromatic carbocycles. The van der Waals surface area contributed by atoms with E-state index in [9.17, 15) is 9.59 Å². The molecule has 0 rings (SSSR count). The standard InChI is InChI=1S/C17H26BN3O3/c1-12(13(2)17(23)20-15(4)22)10-16(24-7)14(3)21(6)9-8-18(5)11-19/h10,13H,1,3,8-9H2,2,4-7H3,(H,20,22,23)/b16-10+. The van der Waals surface area contributed by atoms with Gasteiger partial charge in [0.2, 0.25) is 11.8 Å². The summed E-state index contributed by atoms with van der Waals surface area (Å²) >= 11 is 0. The lowest BCUT2D eigenvalue weighted by atomic mass is 9.51. The van der Waals surface area contributed by atoms with Gasteiger partial charge in [-0.15, -0.1) is 0 Å². The summed E-state index contributed by atoms with van der Waals surface area (Å²) in [6.07, 6.45) is 2.35. The summed E-state index contributed by atoms with van der Waals surface area (Å²) in [4.78, 5) is 24.7. The summed E-state index contributed by atoms with van der Waals surface area (Å²) in [5.74, 6) is 1.27. The molecule has 7 heteroatoms. The van der Waals surface area contributed by atoms with Gasteiger partial charge in [-0.1, -0.05) is 20.0 Å². The van der Waals surface area contributed by atoms with Crippen LogP contribution in [-0.2, 0) is 14.3 Å². The van der Waals surface area contributed by atoms with E-state index in [4.69, 9.17) is 10.00 Å². The molecule has 0 heterocycles. The molecule has 130 valence electrons. The van der Waals surface area contributed by atoms with E-state index in [1.165, 1.54) is 14.0 Å². The normalized spacial score (nSPS) is 11.8. The van der Waals surface area contributed by atoms with Gasteiger partial charge in [0.15, 0.2) is 0 Å². The molecule has 0 aliphatic rings. The lowest BCUT2D eigenvalue weighted by molar-refractivity contribution is -0.130. The van der Waals surface area contributed by atoms with Crippen LogP contribution in [0.2, 0.25) is 13.1 Å². The third-order valence-corrected chi connectivity index (χ3v) is 3.65. The Balaban J connectivity index is 4.97. The largest absolute Gasteiger partial charge is 0.495 e. The zero-order valence-corrected chi connectivity index (χ0v) is 15.2. The highest BCUT2D eigenvalue weighted by Crippen LogP contribution is 2.19. The van der Waals surface area contributed by atoms with Crippen molar-refractivity contribution in [2.75, 3.05) is 20.7 Å². The fraction of sp³-hybridized carbons (Fsp3) is 0.471. The fourth-order valence-corrected chi connectivity index (χ4v) is 1.78. The number of nitrogens with one attached hydrogen (secondary N) is 1. The highest BCUT2D eigenvalue weighted by atomic mass is 16.5. The molecule has 1 unspecified atom stereocenters. The van der Waals surface area contributed by atoms with Crippen molar-refractivity contribution in [3.05, 3.63) is 36.3 Å². The van der Waals surface area contributed by atoms with Crippen molar-refractivity contribution in [2.45, 2.75) is 27.0 Å². The number of hydrogen-bond acceptors (Lipinski definition) is 5. The summed E-state index contributed by atoms with van der Waals surface area (Å²) in [6.45, 7) is 13.3. The molecule has 0 fully saturated rings. The minimum Gasteiger partial charge on any atom is -0.495 e. The Morgan fingerprint density at radius 3 is 2.50 bits per heavy atom. The van der Waals surface area contributed by atoms with E-state index in [1.807, 2.05) is 18.8 Å². The Labute approximate surface area is 144 Å². The Morgan fingerprint density at radius 2 is 2.04 bits per heavy atom. The van der Waals surface area contributed by atoms with Gasteiger partial charge in [0, 0.05) is 26.5 Å². The number of nitriles is 1. The first-order valence-corrected chi connectivity index (χ1v) is 7.69. The molecule has 0 aliphatic heterocycles. The third-order valence-electron chi connectivity index (χ3n) is 3.65. The molecule has 0 aromatic rings. The second-order valence-corrected chi connectivity index (χ2v) is 5.74. The second-order valence-electron chi connectivity index (χ2n) is 5.74. The van der Waals surface area contributed by atoms with Crippen LogP contribution in [0.3, 0.4) is 0 Å². The molecule has 0 bridgehead atoms. The molecular weight excluding hydrogens is 305 g/mol. The number of carbonyl (C=O) groups is 2. The van der Waals surface area contributed by atoms with Crippen molar-refractivity contribution in [3.63, 3.8) is 0 Å². The first kappa shape index (κ1) is 21.5. The van der Waals surface area contributed by atoms with Gasteiger partial charge in [0.25, 0.3) is 6.71 Å². The number of methoxy groups -OCH3 is 1. The number of allylic oxidation sites excluding steroid dienone is 1. The van der Waals surface area contributed by atoms with E-state index in [2.05, 4.69) is 24.4 Å². The summed E-state index contributed by atoms with van der Waals surface area (Å²) in [5, 5.41) is 11.1. The Bertz CT molecular complexity index is 578. The molecule has 24 heavy (non-hydrogen) atoms. The number of nitrogens with zero attached hydrogens (tertiary/aromatic N) is 2. The van der Waals surface area contributed by atoms with Crippen molar-refractivity contribution < 1.29 is 14.3 Å². The number of ether oxygens (including phenoxy) is 1. The van der Waals surface area contributed by atoms with Gasteiger partial charge in [-0.3, -0.25) is 14.9 Å². The van der Waals surface area contributed by atoms with Gasteiger partial charge in [0.05, 0.1) is 18.7 Å². The van der Waals surface area contributed by atoms with E-state index in [1.54, 1.807) is 13.0 Å². The van der Waals surface area contributed by atoms with Crippen LogP contribution in [0.25, 0.3) is 0 Å². The molecule has 1 N–H and O–H groups in total. The molecule has 0 saturated carbocycles. The van der Waals surface area contributed by atoms with E-state index < -0.39 is 17.7 Å². The molecule has 0 saturated heterocycles. The topological polar surface area (TPSA) is 82.4 Å². The van der Waals surface area contributed by atoms with Crippen LogP contribution >= 0.6 is 0 Å². The van der Waals surface area contributed by atoms with Crippen LogP contribution in [0.1, 0.15) is 13.8 Å². The van der Waals surface area contributed by atoms with Crippen LogP contribution in [-0.4, -0.2) is 44.1 Å². The zero-order chi connectivity index (χ0) is 18.9. The van der Waals surface area contributed by atoms with Crippen LogP contribution < -0.4 is 5.32 Å². The number of amides is 2.